The van der Waals surface area contributed by atoms with Crippen molar-refractivity contribution in [2.75, 3.05) is 29.4 Å². The Morgan fingerprint density at radius 3 is 2.01 bits per heavy atom. The highest BCUT2D eigenvalue weighted by atomic mass is 19.1. The Balaban J connectivity index is 0.826. The number of aromatic nitrogens is 18. The molecular formula is C60H45F2N21O3+2. The van der Waals surface area contributed by atoms with Crippen LogP contribution in [-0.2, 0) is 19.8 Å². The number of benzene rings is 6. The summed E-state index contributed by atoms with van der Waals surface area (Å²) in [4.78, 5) is 37.1. The van der Waals surface area contributed by atoms with Gasteiger partial charge in [-0.05, 0) is 96.1 Å². The number of rotatable bonds is 16. The van der Waals surface area contributed by atoms with E-state index in [0.717, 1.165) is 67.0 Å². The third kappa shape index (κ3) is 9.00. The van der Waals surface area contributed by atoms with Crippen molar-refractivity contribution in [3.8, 4) is 34.3 Å². The SMILES string of the molecule is COc1cccc(CN(C[n+]2cn(-c3ccc4cn[nH]c4c3)c3nc(NC(c4ccc5c(c4)OCO5)[n+]4cn(-c5ccc6cn[nH]c6c5)c5nc(NCc6cc(F)cc(F)c6)ncc54)ncc32)c2ncc3ncn(-c4ccc5cn[nH]c5c4)c3n2)c1. The van der Waals surface area contributed by atoms with E-state index in [1.165, 1.54) is 12.1 Å². The lowest BCUT2D eigenvalue weighted by molar-refractivity contribution is -0.683. The zero-order chi connectivity index (χ0) is 57.4. The molecule has 24 nitrogen and oxygen atoms in total. The van der Waals surface area contributed by atoms with E-state index in [1.54, 1.807) is 50.6 Å². The molecule has 0 spiro atoms. The van der Waals surface area contributed by atoms with Crippen LogP contribution in [0.1, 0.15) is 22.9 Å². The van der Waals surface area contributed by atoms with Crippen LogP contribution in [0.3, 0.4) is 0 Å². The molecule has 86 heavy (non-hydrogen) atoms. The molecule has 0 amide bonds. The molecule has 1 aliphatic heterocycles. The van der Waals surface area contributed by atoms with Crippen molar-refractivity contribution < 1.29 is 32.1 Å². The number of hydrogen-bond donors (Lipinski definition) is 5. The number of anilines is 3. The third-order valence-corrected chi connectivity index (χ3v) is 15.2. The van der Waals surface area contributed by atoms with Crippen molar-refractivity contribution in [1.29, 1.82) is 0 Å². The second-order valence-corrected chi connectivity index (χ2v) is 20.6. The Kier molecular flexibility index (Phi) is 11.7. The van der Waals surface area contributed by atoms with Gasteiger partial charge in [-0.25, -0.2) is 37.9 Å². The van der Waals surface area contributed by atoms with Gasteiger partial charge in [-0.2, -0.15) is 39.4 Å². The van der Waals surface area contributed by atoms with Crippen molar-refractivity contribution in [1.82, 2.24) is 79.2 Å². The van der Waals surface area contributed by atoms with E-state index in [1.807, 2.05) is 128 Å². The molecule has 1 atom stereocenters. The highest BCUT2D eigenvalue weighted by Crippen LogP contribution is 2.36. The topological polar surface area (TPSA) is 254 Å². The smallest absolute Gasteiger partial charge is 0.278 e. The normalized spacial score (nSPS) is 12.6. The number of fused-ring (bicyclic) bond motifs is 7. The van der Waals surface area contributed by atoms with E-state index < -0.39 is 17.8 Å². The van der Waals surface area contributed by atoms with Gasteiger partial charge >= 0.3 is 0 Å². The van der Waals surface area contributed by atoms with Gasteiger partial charge in [0, 0.05) is 53.0 Å². The summed E-state index contributed by atoms with van der Waals surface area (Å²) in [5.41, 5.74) is 10.6. The van der Waals surface area contributed by atoms with Crippen molar-refractivity contribution in [3.63, 3.8) is 0 Å². The molecule has 6 aromatic carbocycles. The number of aromatic amines is 3. The lowest BCUT2D eigenvalue weighted by atomic mass is 10.1. The van der Waals surface area contributed by atoms with Gasteiger partial charge < -0.3 is 24.8 Å². The molecule has 0 bridgehead atoms. The maximum atomic E-state index is 14.3. The summed E-state index contributed by atoms with van der Waals surface area (Å²) >= 11 is 0. The molecule has 1 aliphatic rings. The van der Waals surface area contributed by atoms with Gasteiger partial charge in [0.25, 0.3) is 23.9 Å². The molecule has 1 unspecified atom stereocenters. The number of nitrogens with zero attached hydrogens (tertiary/aromatic N) is 16. The quantitative estimate of drug-likeness (QED) is 0.0569. The fourth-order valence-corrected chi connectivity index (χ4v) is 11.0. The number of halogens is 2. The lowest BCUT2D eigenvalue weighted by Crippen LogP contribution is -2.44. The minimum atomic E-state index is -0.753. The summed E-state index contributed by atoms with van der Waals surface area (Å²) in [7, 11) is 1.65. The Morgan fingerprint density at radius 1 is 0.616 bits per heavy atom. The summed E-state index contributed by atoms with van der Waals surface area (Å²) in [6.45, 7) is 0.737. The second-order valence-electron chi connectivity index (χ2n) is 20.6. The number of nitrogens with one attached hydrogen (secondary N) is 5. The standard InChI is InChI=1S/C60H45F2N21O3/c1-84-45-4-2-3-34(15-45)28-78(60-66-25-49-55(74-60)80(29-67-49)42-9-5-37-22-68-75-46(37)18-42)30-79-31-81(43-10-6-38-23-69-76-47(38)19-43)56-50(79)26-65-59(73-56)71-54(36-8-12-52-53(16-36)86-33-85-52)83-32-82(44-11-7-39-24-70-77-48(39)20-44)57-51(83)27-64-58(72-57)63-21-35-13-40(61)17-41(62)14-35/h2-20,22-27,29,31-32,54H,21,28,30,33H2,1H3,(H,68,75)(H,69,76)(H,70,77)(H,63,64,72)(H,65,71,73)/q+2. The molecule has 0 saturated heterocycles. The maximum absolute atomic E-state index is 14.3. The first kappa shape index (κ1) is 49.8. The average molecular weight is 1150 g/mol. The summed E-state index contributed by atoms with van der Waals surface area (Å²) in [5.74, 6) is 1.43. The highest BCUT2D eigenvalue weighted by molar-refractivity contribution is 5.84. The molecular weight excluding hydrogens is 1100 g/mol. The van der Waals surface area contributed by atoms with Gasteiger partial charge in [-0.1, -0.05) is 12.1 Å². The van der Waals surface area contributed by atoms with Crippen molar-refractivity contribution in [2.45, 2.75) is 25.9 Å². The molecule has 26 heteroatoms. The van der Waals surface area contributed by atoms with Crippen LogP contribution in [-0.4, -0.2) is 93.1 Å². The Hall–Kier alpha value is -12.0. The van der Waals surface area contributed by atoms with E-state index in [9.17, 15) is 8.78 Å². The predicted molar refractivity (Wildman–Crippen MR) is 311 cm³/mol. The molecule has 0 saturated carbocycles. The number of H-pyrrole nitrogens is 3. The molecule has 9 aromatic heterocycles. The lowest BCUT2D eigenvalue weighted by Gasteiger charge is -2.21. The van der Waals surface area contributed by atoms with E-state index in [-0.39, 0.29) is 31.9 Å². The van der Waals surface area contributed by atoms with Crippen LogP contribution >= 0.6 is 0 Å². The molecule has 15 aromatic rings. The van der Waals surface area contributed by atoms with Gasteiger partial charge in [-0.3, -0.25) is 24.8 Å². The molecule has 0 radical (unpaired) electrons. The van der Waals surface area contributed by atoms with Gasteiger partial charge in [0.2, 0.25) is 41.8 Å². The Labute approximate surface area is 483 Å². The van der Waals surface area contributed by atoms with Crippen LogP contribution in [0.25, 0.3) is 83.3 Å². The fraction of sp³-hybridized carbons (Fsp3) is 0.100. The van der Waals surface area contributed by atoms with Crippen LogP contribution in [0.2, 0.25) is 0 Å². The maximum Gasteiger partial charge on any atom is 0.278 e. The summed E-state index contributed by atoms with van der Waals surface area (Å²) < 4.78 is 55.9. The average Bonchev–Trinajstić information content (AvgIpc) is 3.28. The minimum Gasteiger partial charge on any atom is -0.497 e. The van der Waals surface area contributed by atoms with Gasteiger partial charge in [0.1, 0.15) is 40.6 Å². The van der Waals surface area contributed by atoms with Crippen molar-refractivity contribution in [2.24, 2.45) is 0 Å². The summed E-state index contributed by atoms with van der Waals surface area (Å²) in [6.07, 6.45) is 15.4. The van der Waals surface area contributed by atoms with Gasteiger partial charge in [0.05, 0.1) is 66.5 Å². The third-order valence-electron chi connectivity index (χ3n) is 15.2. The van der Waals surface area contributed by atoms with Crippen LogP contribution in [0.5, 0.6) is 17.2 Å². The van der Waals surface area contributed by atoms with Crippen LogP contribution in [0.4, 0.5) is 26.6 Å². The Bertz CT molecular complexity index is 5110. The van der Waals surface area contributed by atoms with Crippen LogP contribution in [0.15, 0.2) is 171 Å². The first-order chi connectivity index (χ1) is 42.3. The summed E-state index contributed by atoms with van der Waals surface area (Å²) in [6, 6.07) is 35.0. The van der Waals surface area contributed by atoms with Gasteiger partial charge in [-0.15, -0.1) is 0 Å². The number of methoxy groups -OCH3 is 1. The van der Waals surface area contributed by atoms with Crippen LogP contribution < -0.4 is 38.9 Å². The highest BCUT2D eigenvalue weighted by Gasteiger charge is 2.32. The summed E-state index contributed by atoms with van der Waals surface area (Å²) in [5, 5.41) is 31.8. The number of hydrogen-bond acceptors (Lipinski definition) is 16. The molecule has 0 aliphatic carbocycles. The van der Waals surface area contributed by atoms with E-state index in [2.05, 4.69) is 55.7 Å². The Morgan fingerprint density at radius 2 is 1.28 bits per heavy atom. The predicted octanol–water partition coefficient (Wildman–Crippen LogP) is 8.44. The monoisotopic (exact) mass is 1150 g/mol. The second kappa shape index (κ2) is 20.2. The van der Waals surface area contributed by atoms with Gasteiger partial charge in [0.15, 0.2) is 23.8 Å². The van der Waals surface area contributed by atoms with E-state index >= 15 is 0 Å². The molecule has 16 rings (SSSR count). The zero-order valence-electron chi connectivity index (χ0n) is 45.2. The fourth-order valence-electron chi connectivity index (χ4n) is 11.0. The van der Waals surface area contributed by atoms with Crippen LogP contribution in [0, 0.1) is 11.6 Å². The first-order valence-corrected chi connectivity index (χ1v) is 27.1. The van der Waals surface area contributed by atoms with Crippen molar-refractivity contribution in [3.05, 3.63) is 200 Å². The van der Waals surface area contributed by atoms with Crippen molar-refractivity contribution >= 4 is 84.0 Å². The molecule has 420 valence electrons. The first-order valence-electron chi connectivity index (χ1n) is 27.1. The zero-order valence-corrected chi connectivity index (χ0v) is 45.2. The minimum absolute atomic E-state index is 0.0565. The molecule has 0 fully saturated rings. The largest absolute Gasteiger partial charge is 0.497 e. The number of imidazole rings is 3. The molecule has 5 N–H and O–H groups in total. The molecule has 10 heterocycles. The van der Waals surface area contributed by atoms with E-state index in [0.29, 0.717) is 68.8 Å². The van der Waals surface area contributed by atoms with E-state index in [4.69, 9.17) is 44.1 Å². The number of ether oxygens (including phenoxy) is 3.